The number of aryl methyl sites for hydroxylation is 2. The van der Waals surface area contributed by atoms with Crippen LogP contribution in [-0.2, 0) is 20.7 Å². The molecule has 2 aromatic heterocycles. The van der Waals surface area contributed by atoms with Crippen LogP contribution in [0.4, 0.5) is 0 Å². The fourth-order valence-electron chi connectivity index (χ4n) is 3.22. The summed E-state index contributed by atoms with van der Waals surface area (Å²) in [5.74, 6) is -0.0433. The van der Waals surface area contributed by atoms with Crippen molar-refractivity contribution < 1.29 is 14.3 Å². The molecule has 0 aliphatic heterocycles. The maximum atomic E-state index is 12.6. The number of nitrogens with one attached hydrogen (secondary N) is 1. The molecule has 3 aromatic rings. The van der Waals surface area contributed by atoms with E-state index in [0.29, 0.717) is 17.2 Å². The fraction of sp³-hybridized carbons (Fsp3) is 0.350. The third-order valence-corrected chi connectivity index (χ3v) is 5.05. The summed E-state index contributed by atoms with van der Waals surface area (Å²) >= 11 is 5.94. The first-order valence-corrected chi connectivity index (χ1v) is 9.54. The van der Waals surface area contributed by atoms with E-state index in [-0.39, 0.29) is 18.7 Å². The van der Waals surface area contributed by atoms with Crippen molar-refractivity contribution in [2.24, 2.45) is 0 Å². The standard InChI is InChI=1S/C20H22ClN5O3/c1-12-16(13(2)26-20(24-12)22-11-23-26)8-9-18(27)25-17(10-19(28)29-3)14-4-6-15(21)7-5-14/h4-7,11,17H,8-10H2,1-3H3,(H,25,27)/t17-/m1/s1. The van der Waals surface area contributed by atoms with Gasteiger partial charge in [-0.2, -0.15) is 10.1 Å². The lowest BCUT2D eigenvalue weighted by atomic mass is 10.0. The van der Waals surface area contributed by atoms with Crippen molar-refractivity contribution in [3.8, 4) is 0 Å². The minimum atomic E-state index is -0.495. The van der Waals surface area contributed by atoms with E-state index in [1.54, 1.807) is 28.8 Å². The number of esters is 1. The Morgan fingerprint density at radius 1 is 1.24 bits per heavy atom. The minimum Gasteiger partial charge on any atom is -0.469 e. The van der Waals surface area contributed by atoms with E-state index in [0.717, 1.165) is 22.5 Å². The Bertz CT molecular complexity index is 1030. The van der Waals surface area contributed by atoms with Crippen LogP contribution in [0.1, 0.15) is 41.4 Å². The fourth-order valence-corrected chi connectivity index (χ4v) is 3.35. The number of benzene rings is 1. The molecule has 0 fully saturated rings. The number of ether oxygens (including phenoxy) is 1. The summed E-state index contributed by atoms with van der Waals surface area (Å²) in [6, 6.07) is 6.52. The topological polar surface area (TPSA) is 98.5 Å². The Labute approximate surface area is 173 Å². The van der Waals surface area contributed by atoms with E-state index >= 15 is 0 Å². The van der Waals surface area contributed by atoms with Gasteiger partial charge in [-0.15, -0.1) is 0 Å². The van der Waals surface area contributed by atoms with Gasteiger partial charge < -0.3 is 10.1 Å². The van der Waals surface area contributed by atoms with Gasteiger partial charge in [-0.05, 0) is 43.5 Å². The molecule has 9 heteroatoms. The average molecular weight is 416 g/mol. The summed E-state index contributed by atoms with van der Waals surface area (Å²) in [5.41, 5.74) is 3.46. The molecular formula is C20H22ClN5O3. The SMILES string of the molecule is COC(=O)C[C@@H](NC(=O)CCc1c(C)nc2ncnn2c1C)c1ccc(Cl)cc1. The smallest absolute Gasteiger partial charge is 0.307 e. The minimum absolute atomic E-state index is 0.0361. The summed E-state index contributed by atoms with van der Waals surface area (Å²) in [5, 5.41) is 7.67. The van der Waals surface area contributed by atoms with Crippen molar-refractivity contribution in [2.75, 3.05) is 7.11 Å². The summed E-state index contributed by atoms with van der Waals surface area (Å²) in [4.78, 5) is 32.9. The normalized spacial score (nSPS) is 12.0. The van der Waals surface area contributed by atoms with Gasteiger partial charge in [0.15, 0.2) is 0 Å². The molecule has 0 saturated heterocycles. The van der Waals surface area contributed by atoms with Crippen LogP contribution in [0, 0.1) is 13.8 Å². The third kappa shape index (κ3) is 4.89. The second-order valence-corrected chi connectivity index (χ2v) is 7.12. The van der Waals surface area contributed by atoms with E-state index < -0.39 is 12.0 Å². The first-order valence-electron chi connectivity index (χ1n) is 9.16. The molecule has 0 saturated carbocycles. The molecule has 0 radical (unpaired) electrons. The molecule has 29 heavy (non-hydrogen) atoms. The molecular weight excluding hydrogens is 394 g/mol. The summed E-state index contributed by atoms with van der Waals surface area (Å²) in [7, 11) is 1.32. The van der Waals surface area contributed by atoms with Gasteiger partial charge in [-0.25, -0.2) is 9.50 Å². The molecule has 0 spiro atoms. The number of carbonyl (C=O) groups excluding carboxylic acids is 2. The monoisotopic (exact) mass is 415 g/mol. The van der Waals surface area contributed by atoms with Crippen molar-refractivity contribution in [3.05, 3.63) is 58.1 Å². The van der Waals surface area contributed by atoms with Crippen molar-refractivity contribution in [3.63, 3.8) is 0 Å². The van der Waals surface area contributed by atoms with E-state index in [9.17, 15) is 9.59 Å². The van der Waals surface area contributed by atoms with Crippen molar-refractivity contribution in [1.82, 2.24) is 24.9 Å². The van der Waals surface area contributed by atoms with Crippen LogP contribution in [0.5, 0.6) is 0 Å². The van der Waals surface area contributed by atoms with Gasteiger partial charge in [0.1, 0.15) is 6.33 Å². The van der Waals surface area contributed by atoms with Gasteiger partial charge in [-0.3, -0.25) is 9.59 Å². The number of fused-ring (bicyclic) bond motifs is 1. The van der Waals surface area contributed by atoms with Gasteiger partial charge >= 0.3 is 5.97 Å². The molecule has 1 amide bonds. The van der Waals surface area contributed by atoms with E-state index in [1.165, 1.54) is 13.4 Å². The number of hydrogen-bond acceptors (Lipinski definition) is 6. The van der Waals surface area contributed by atoms with Crippen LogP contribution in [0.15, 0.2) is 30.6 Å². The van der Waals surface area contributed by atoms with Crippen molar-refractivity contribution in [1.29, 1.82) is 0 Å². The lowest BCUT2D eigenvalue weighted by Crippen LogP contribution is -2.30. The van der Waals surface area contributed by atoms with Crippen molar-refractivity contribution in [2.45, 2.75) is 39.2 Å². The molecule has 0 aliphatic rings. The van der Waals surface area contributed by atoms with Crippen LogP contribution in [0.2, 0.25) is 5.02 Å². The number of halogens is 1. The quantitative estimate of drug-likeness (QED) is 0.596. The molecule has 1 N–H and O–H groups in total. The number of rotatable bonds is 7. The van der Waals surface area contributed by atoms with Crippen LogP contribution in [-0.4, -0.2) is 38.6 Å². The summed E-state index contributed by atoms with van der Waals surface area (Å²) in [6.07, 6.45) is 2.23. The summed E-state index contributed by atoms with van der Waals surface area (Å²) in [6.45, 7) is 3.82. The maximum absolute atomic E-state index is 12.6. The molecule has 0 aliphatic carbocycles. The number of nitrogens with zero attached hydrogens (tertiary/aromatic N) is 4. The van der Waals surface area contributed by atoms with E-state index in [2.05, 4.69) is 20.4 Å². The zero-order valence-electron chi connectivity index (χ0n) is 16.5. The van der Waals surface area contributed by atoms with Gasteiger partial charge in [0.05, 0.1) is 19.6 Å². The molecule has 0 bridgehead atoms. The van der Waals surface area contributed by atoms with Gasteiger partial charge in [-0.1, -0.05) is 23.7 Å². The number of amides is 1. The Balaban J connectivity index is 1.71. The van der Waals surface area contributed by atoms with Gasteiger partial charge in [0, 0.05) is 22.8 Å². The lowest BCUT2D eigenvalue weighted by molar-refractivity contribution is -0.141. The predicted octanol–water partition coefficient (Wildman–Crippen LogP) is 2.75. The summed E-state index contributed by atoms with van der Waals surface area (Å²) < 4.78 is 6.42. The second-order valence-electron chi connectivity index (χ2n) is 6.68. The zero-order chi connectivity index (χ0) is 21.0. The highest BCUT2D eigenvalue weighted by molar-refractivity contribution is 6.30. The van der Waals surface area contributed by atoms with Crippen LogP contribution in [0.25, 0.3) is 5.78 Å². The number of methoxy groups -OCH3 is 1. The lowest BCUT2D eigenvalue weighted by Gasteiger charge is -2.19. The van der Waals surface area contributed by atoms with Crippen LogP contribution in [0.3, 0.4) is 0 Å². The first-order chi connectivity index (χ1) is 13.9. The van der Waals surface area contributed by atoms with E-state index in [1.807, 2.05) is 13.8 Å². The van der Waals surface area contributed by atoms with Crippen LogP contribution < -0.4 is 5.32 Å². The average Bonchev–Trinajstić information content (AvgIpc) is 3.16. The van der Waals surface area contributed by atoms with Gasteiger partial charge in [0.25, 0.3) is 5.78 Å². The number of aromatic nitrogens is 4. The highest BCUT2D eigenvalue weighted by atomic mass is 35.5. The molecule has 152 valence electrons. The highest BCUT2D eigenvalue weighted by Gasteiger charge is 2.20. The van der Waals surface area contributed by atoms with E-state index in [4.69, 9.17) is 16.3 Å². The third-order valence-electron chi connectivity index (χ3n) is 4.80. The number of hydrogen-bond donors (Lipinski definition) is 1. The molecule has 2 heterocycles. The van der Waals surface area contributed by atoms with Crippen LogP contribution >= 0.6 is 11.6 Å². The van der Waals surface area contributed by atoms with Crippen molar-refractivity contribution >= 4 is 29.3 Å². The highest BCUT2D eigenvalue weighted by Crippen LogP contribution is 2.21. The maximum Gasteiger partial charge on any atom is 0.307 e. The molecule has 1 aromatic carbocycles. The molecule has 1 atom stereocenters. The Morgan fingerprint density at radius 3 is 2.66 bits per heavy atom. The Morgan fingerprint density at radius 2 is 1.97 bits per heavy atom. The second kappa shape index (κ2) is 9.00. The predicted molar refractivity (Wildman–Crippen MR) is 108 cm³/mol. The Kier molecular flexibility index (Phi) is 6.43. The largest absolute Gasteiger partial charge is 0.469 e. The van der Waals surface area contributed by atoms with Gasteiger partial charge in [0.2, 0.25) is 5.91 Å². The molecule has 8 nitrogen and oxygen atoms in total. The molecule has 0 unspecified atom stereocenters. The molecule has 3 rings (SSSR count). The Hall–Kier alpha value is -3.00. The first kappa shape index (κ1) is 20.7. The number of carbonyl (C=O) groups is 2. The zero-order valence-corrected chi connectivity index (χ0v) is 17.2.